The van der Waals surface area contributed by atoms with Crippen molar-refractivity contribution in [1.29, 1.82) is 0 Å². The molecule has 1 unspecified atom stereocenters. The number of nitrogens with zero attached hydrogens (tertiary/aromatic N) is 1. The van der Waals surface area contributed by atoms with Gasteiger partial charge in [0.2, 0.25) is 0 Å². The van der Waals surface area contributed by atoms with E-state index in [-0.39, 0.29) is 40.8 Å². The minimum absolute atomic E-state index is 0.106. The highest BCUT2D eigenvalue weighted by Crippen LogP contribution is 2.43. The van der Waals surface area contributed by atoms with Crippen molar-refractivity contribution in [2.45, 2.75) is 13.0 Å². The van der Waals surface area contributed by atoms with Crippen LogP contribution < -0.4 is 14.2 Å². The maximum absolute atomic E-state index is 13.1. The third-order valence-corrected chi connectivity index (χ3v) is 5.56. The lowest BCUT2D eigenvalue weighted by molar-refractivity contribution is -0.140. The van der Waals surface area contributed by atoms with Crippen molar-refractivity contribution in [2.24, 2.45) is 0 Å². The van der Waals surface area contributed by atoms with Crippen molar-refractivity contribution in [3.05, 3.63) is 58.1 Å². The summed E-state index contributed by atoms with van der Waals surface area (Å²) in [4.78, 5) is 38.6. The molecule has 1 atom stereocenters. The first-order valence-corrected chi connectivity index (χ1v) is 10.6. The van der Waals surface area contributed by atoms with Gasteiger partial charge in [0.15, 0.2) is 0 Å². The van der Waals surface area contributed by atoms with Crippen LogP contribution in [0.2, 0.25) is 5.02 Å². The number of carbonyl (C=O) groups is 3. The summed E-state index contributed by atoms with van der Waals surface area (Å²) in [7, 11) is 4.27. The Bertz CT molecular complexity index is 1140. The normalized spacial score (nSPS) is 17.1. The molecule has 0 spiro atoms. The second-order valence-corrected chi connectivity index (χ2v) is 7.74. The topological polar surface area (TPSA) is 112 Å². The van der Waals surface area contributed by atoms with Gasteiger partial charge in [-0.25, -0.2) is 0 Å². The number of ketones is 1. The Morgan fingerprint density at radius 1 is 1.06 bits per heavy atom. The van der Waals surface area contributed by atoms with Crippen LogP contribution in [-0.2, 0) is 19.1 Å². The smallest absolute Gasteiger partial charge is 0.308 e. The number of aliphatic hydroxyl groups is 1. The van der Waals surface area contributed by atoms with Crippen LogP contribution in [0.25, 0.3) is 5.76 Å². The molecule has 1 amide bonds. The summed E-state index contributed by atoms with van der Waals surface area (Å²) in [6.07, 6.45) is 0. The average Bonchev–Trinajstić information content (AvgIpc) is 3.07. The minimum Gasteiger partial charge on any atom is -0.507 e. The molecule has 1 aliphatic heterocycles. The highest BCUT2D eigenvalue weighted by Gasteiger charge is 2.46. The molecule has 1 saturated heterocycles. The van der Waals surface area contributed by atoms with Gasteiger partial charge in [-0.15, -0.1) is 0 Å². The maximum Gasteiger partial charge on any atom is 0.308 e. The summed E-state index contributed by atoms with van der Waals surface area (Å²) in [5.74, 6) is -1.84. The molecular formula is C24H24ClNO8. The van der Waals surface area contributed by atoms with Gasteiger partial charge in [-0.2, -0.15) is 0 Å². The van der Waals surface area contributed by atoms with Crippen LogP contribution in [-0.4, -0.2) is 62.1 Å². The second-order valence-electron chi connectivity index (χ2n) is 7.34. The molecule has 0 saturated carbocycles. The van der Waals surface area contributed by atoms with E-state index in [9.17, 15) is 19.5 Å². The van der Waals surface area contributed by atoms with Crippen LogP contribution in [0.1, 0.15) is 24.1 Å². The number of esters is 1. The van der Waals surface area contributed by atoms with Crippen molar-refractivity contribution in [2.75, 3.05) is 34.5 Å². The average molecular weight is 490 g/mol. The van der Waals surface area contributed by atoms with Gasteiger partial charge in [0.05, 0.1) is 43.0 Å². The Morgan fingerprint density at radius 3 is 2.26 bits per heavy atom. The third kappa shape index (κ3) is 4.85. The summed E-state index contributed by atoms with van der Waals surface area (Å²) >= 11 is 6.17. The number of hydrogen-bond donors (Lipinski definition) is 1. The van der Waals surface area contributed by atoms with E-state index in [0.29, 0.717) is 11.3 Å². The largest absolute Gasteiger partial charge is 0.507 e. The lowest BCUT2D eigenvalue weighted by Crippen LogP contribution is -2.32. The summed E-state index contributed by atoms with van der Waals surface area (Å²) in [5.41, 5.74) is 0.520. The molecule has 2 aromatic rings. The van der Waals surface area contributed by atoms with Gasteiger partial charge in [0.1, 0.15) is 23.0 Å². The van der Waals surface area contributed by atoms with Crippen molar-refractivity contribution >= 4 is 35.0 Å². The lowest BCUT2D eigenvalue weighted by atomic mass is 9.95. The monoisotopic (exact) mass is 489 g/mol. The molecule has 0 bridgehead atoms. The summed E-state index contributed by atoms with van der Waals surface area (Å²) in [5, 5.41) is 11.5. The number of hydrogen-bond acceptors (Lipinski definition) is 8. The molecule has 3 rings (SSSR count). The van der Waals surface area contributed by atoms with Crippen LogP contribution in [0.3, 0.4) is 0 Å². The van der Waals surface area contributed by atoms with E-state index in [2.05, 4.69) is 0 Å². The molecule has 1 fully saturated rings. The van der Waals surface area contributed by atoms with E-state index in [0.717, 1.165) is 0 Å². The van der Waals surface area contributed by atoms with Crippen molar-refractivity contribution in [3.63, 3.8) is 0 Å². The Hall–Kier alpha value is -3.56. The third-order valence-electron chi connectivity index (χ3n) is 5.26. The Labute approximate surface area is 201 Å². The quantitative estimate of drug-likeness (QED) is 0.197. The number of ether oxygens (including phenoxy) is 4. The second kappa shape index (κ2) is 10.6. The molecule has 1 aliphatic rings. The Morgan fingerprint density at radius 2 is 1.71 bits per heavy atom. The zero-order chi connectivity index (χ0) is 25.0. The molecule has 34 heavy (non-hydrogen) atoms. The standard InChI is InChI=1S/C24H24ClNO8/c1-13(27)34-15-7-5-14(6-8-15)21-20(23(29)24(30)26(21)9-10-31-2)22(28)16-11-19(33-4)17(25)12-18(16)32-3/h5-8,11-12,21,28H,9-10H2,1-4H3/b22-20+. The van der Waals surface area contributed by atoms with Gasteiger partial charge < -0.3 is 29.0 Å². The number of aliphatic hydroxyl groups excluding tert-OH is 1. The van der Waals surface area contributed by atoms with E-state index in [1.54, 1.807) is 24.3 Å². The van der Waals surface area contributed by atoms with Crippen LogP contribution in [0.15, 0.2) is 42.0 Å². The predicted molar refractivity (Wildman–Crippen MR) is 123 cm³/mol. The highest BCUT2D eigenvalue weighted by atomic mass is 35.5. The van der Waals surface area contributed by atoms with Crippen LogP contribution in [0.5, 0.6) is 17.2 Å². The maximum atomic E-state index is 13.1. The Kier molecular flexibility index (Phi) is 7.80. The lowest BCUT2D eigenvalue weighted by Gasteiger charge is -2.25. The minimum atomic E-state index is -0.923. The van der Waals surface area contributed by atoms with E-state index in [1.165, 1.54) is 45.3 Å². The number of rotatable bonds is 8. The van der Waals surface area contributed by atoms with Crippen LogP contribution in [0.4, 0.5) is 0 Å². The molecule has 0 aromatic heterocycles. The molecule has 180 valence electrons. The highest BCUT2D eigenvalue weighted by molar-refractivity contribution is 6.46. The first-order valence-electron chi connectivity index (χ1n) is 10.2. The summed E-state index contributed by atoms with van der Waals surface area (Å²) < 4.78 is 20.7. The first-order chi connectivity index (χ1) is 16.2. The fourth-order valence-electron chi connectivity index (χ4n) is 3.72. The molecule has 2 aromatic carbocycles. The molecule has 1 heterocycles. The van der Waals surface area contributed by atoms with Crippen LogP contribution >= 0.6 is 11.6 Å². The zero-order valence-corrected chi connectivity index (χ0v) is 19.8. The predicted octanol–water partition coefficient (Wildman–Crippen LogP) is 3.35. The number of halogens is 1. The number of methoxy groups -OCH3 is 3. The van der Waals surface area contributed by atoms with E-state index in [1.807, 2.05) is 0 Å². The number of amides is 1. The van der Waals surface area contributed by atoms with Crippen molar-refractivity contribution in [1.82, 2.24) is 4.90 Å². The molecular weight excluding hydrogens is 466 g/mol. The SMILES string of the molecule is COCCN1C(=O)C(=O)/C(=C(/O)c2cc(OC)c(Cl)cc2OC)C1c1ccc(OC(C)=O)cc1. The van der Waals surface area contributed by atoms with Gasteiger partial charge in [-0.05, 0) is 23.8 Å². The molecule has 0 aliphatic carbocycles. The van der Waals surface area contributed by atoms with E-state index >= 15 is 0 Å². The number of Topliss-reactive ketones (excluding diaryl/α,β-unsaturated/α-hetero) is 1. The van der Waals surface area contributed by atoms with Crippen molar-refractivity contribution in [3.8, 4) is 17.2 Å². The summed E-state index contributed by atoms with van der Waals surface area (Å²) in [6.45, 7) is 1.56. The molecule has 10 heteroatoms. The number of benzene rings is 2. The molecule has 9 nitrogen and oxygen atoms in total. The van der Waals surface area contributed by atoms with Gasteiger partial charge in [-0.1, -0.05) is 23.7 Å². The van der Waals surface area contributed by atoms with Gasteiger partial charge in [0, 0.05) is 26.6 Å². The summed E-state index contributed by atoms with van der Waals surface area (Å²) in [6, 6.07) is 8.26. The fraction of sp³-hybridized carbons (Fsp3) is 0.292. The number of likely N-dealkylation sites (tertiary alicyclic amines) is 1. The van der Waals surface area contributed by atoms with Crippen molar-refractivity contribution < 1.29 is 38.4 Å². The molecule has 1 N–H and O–H groups in total. The van der Waals surface area contributed by atoms with E-state index in [4.69, 9.17) is 30.5 Å². The van der Waals surface area contributed by atoms with Gasteiger partial charge in [0.25, 0.3) is 11.7 Å². The zero-order valence-electron chi connectivity index (χ0n) is 19.1. The van der Waals surface area contributed by atoms with Gasteiger partial charge in [-0.3, -0.25) is 14.4 Å². The van der Waals surface area contributed by atoms with E-state index < -0.39 is 29.5 Å². The Balaban J connectivity index is 2.20. The fourth-order valence-corrected chi connectivity index (χ4v) is 3.95. The number of carbonyl (C=O) groups excluding carboxylic acids is 3. The van der Waals surface area contributed by atoms with Crippen LogP contribution in [0, 0.1) is 0 Å². The molecule has 0 radical (unpaired) electrons. The first kappa shape index (κ1) is 25.1. The van der Waals surface area contributed by atoms with Gasteiger partial charge >= 0.3 is 5.97 Å².